The number of H-pyrrole nitrogens is 2. The topological polar surface area (TPSA) is 161 Å². The van der Waals surface area contributed by atoms with E-state index in [1.165, 1.54) is 0 Å². The van der Waals surface area contributed by atoms with Crippen LogP contribution in [-0.2, 0) is 0 Å². The van der Waals surface area contributed by atoms with Crippen LogP contribution >= 0.6 is 0 Å². The van der Waals surface area contributed by atoms with Crippen molar-refractivity contribution in [2.45, 2.75) is 0 Å². The molecule has 3 aromatic heterocycles. The van der Waals surface area contributed by atoms with Gasteiger partial charge in [-0.3, -0.25) is 0 Å². The first kappa shape index (κ1) is 22.6. The van der Waals surface area contributed by atoms with Gasteiger partial charge in [-0.15, -0.1) is 0 Å². The van der Waals surface area contributed by atoms with E-state index in [-0.39, 0.29) is 0 Å². The highest BCUT2D eigenvalue weighted by molar-refractivity contribution is 6.08. The Morgan fingerprint density at radius 3 is 1.05 bits per heavy atom. The van der Waals surface area contributed by atoms with E-state index >= 15 is 0 Å². The van der Waals surface area contributed by atoms with Gasteiger partial charge in [-0.25, -0.2) is 29.9 Å². The smallest absolute Gasteiger partial charge is 0.164 e. The van der Waals surface area contributed by atoms with Crippen LogP contribution in [0.15, 0.2) is 84.9 Å². The molecular formula is C32H20N10. The number of nitrogens with two attached hydrogens (primary N) is 2. The Morgan fingerprint density at radius 1 is 0.381 bits per heavy atom. The maximum Gasteiger partial charge on any atom is 0.164 e. The quantitative estimate of drug-likeness (QED) is 0.168. The number of aromatic amines is 2. The molecule has 7 aromatic rings. The summed E-state index contributed by atoms with van der Waals surface area (Å²) in [5, 5.41) is 3.41. The van der Waals surface area contributed by atoms with E-state index in [0.29, 0.717) is 57.3 Å². The van der Waals surface area contributed by atoms with Crippen molar-refractivity contribution >= 4 is 55.5 Å². The summed E-state index contributed by atoms with van der Waals surface area (Å²) in [6.45, 7) is 0. The number of fused-ring (bicyclic) bond motifs is 20. The van der Waals surface area contributed by atoms with Crippen molar-refractivity contribution in [2.75, 3.05) is 11.5 Å². The molecule has 42 heavy (non-hydrogen) atoms. The molecule has 10 heteroatoms. The summed E-state index contributed by atoms with van der Waals surface area (Å²) in [7, 11) is 0. The Bertz CT molecular complexity index is 2290. The van der Waals surface area contributed by atoms with E-state index in [4.69, 9.17) is 41.4 Å². The predicted octanol–water partition coefficient (Wildman–Crippen LogP) is 6.03. The van der Waals surface area contributed by atoms with Gasteiger partial charge in [-0.05, 0) is 12.1 Å². The van der Waals surface area contributed by atoms with Crippen LogP contribution < -0.4 is 11.5 Å². The van der Waals surface area contributed by atoms with E-state index in [9.17, 15) is 0 Å². The number of benzene rings is 4. The van der Waals surface area contributed by atoms with Crippen molar-refractivity contribution in [3.05, 3.63) is 84.9 Å². The lowest BCUT2D eigenvalue weighted by molar-refractivity contribution is 1.19. The first-order chi connectivity index (χ1) is 20.6. The largest absolute Gasteiger partial charge is 0.397 e. The second kappa shape index (κ2) is 8.18. The molecule has 6 N–H and O–H groups in total. The number of nitrogens with zero attached hydrogens (tertiary/aromatic N) is 6. The molecule has 0 atom stereocenters. The zero-order chi connectivity index (χ0) is 27.9. The molecule has 0 radical (unpaired) electrons. The summed E-state index contributed by atoms with van der Waals surface area (Å²) >= 11 is 0. The van der Waals surface area contributed by atoms with Crippen molar-refractivity contribution in [1.82, 2.24) is 39.9 Å². The van der Waals surface area contributed by atoms with Crippen LogP contribution in [0, 0.1) is 0 Å². The van der Waals surface area contributed by atoms with E-state index in [1.54, 1.807) is 0 Å². The van der Waals surface area contributed by atoms with Gasteiger partial charge in [0.05, 0.1) is 11.4 Å². The van der Waals surface area contributed by atoms with Gasteiger partial charge in [0.25, 0.3) is 0 Å². The number of anilines is 2. The SMILES string of the molecule is Nc1cc2c3nc4nc(nc5[nH]c(nc6nc(nc([nH]3)c2cc1N)-c1ccccc1-6)c1ccccc51)-c1ccccc1-4. The lowest BCUT2D eigenvalue weighted by Gasteiger charge is -2.00. The van der Waals surface area contributed by atoms with Crippen LogP contribution in [0.1, 0.15) is 0 Å². The van der Waals surface area contributed by atoms with Crippen LogP contribution in [0.5, 0.6) is 0 Å². The van der Waals surface area contributed by atoms with Gasteiger partial charge >= 0.3 is 0 Å². The van der Waals surface area contributed by atoms with Crippen LogP contribution in [0.4, 0.5) is 11.4 Å². The second-order valence-corrected chi connectivity index (χ2v) is 10.3. The van der Waals surface area contributed by atoms with Gasteiger partial charge in [-0.2, -0.15) is 0 Å². The Kier molecular flexibility index (Phi) is 4.41. The van der Waals surface area contributed by atoms with Crippen molar-refractivity contribution in [2.24, 2.45) is 0 Å². The zero-order valence-electron chi connectivity index (χ0n) is 21.9. The Labute approximate surface area is 237 Å². The maximum atomic E-state index is 6.24. The molecule has 0 amide bonds. The predicted molar refractivity (Wildman–Crippen MR) is 165 cm³/mol. The summed E-state index contributed by atoms with van der Waals surface area (Å²) in [6.07, 6.45) is 0. The molecular weight excluding hydrogens is 524 g/mol. The third-order valence-corrected chi connectivity index (χ3v) is 7.76. The average molecular weight is 545 g/mol. The summed E-state index contributed by atoms with van der Waals surface area (Å²) in [6, 6.07) is 27.5. The third kappa shape index (κ3) is 3.20. The fourth-order valence-electron chi connectivity index (χ4n) is 5.72. The van der Waals surface area contributed by atoms with Crippen LogP contribution in [0.3, 0.4) is 0 Å². The lowest BCUT2D eigenvalue weighted by atomic mass is 10.1. The molecule has 0 saturated heterocycles. The third-order valence-electron chi connectivity index (χ3n) is 7.76. The van der Waals surface area contributed by atoms with Gasteiger partial charge in [-0.1, -0.05) is 72.8 Å². The maximum absolute atomic E-state index is 6.24. The van der Waals surface area contributed by atoms with Crippen molar-refractivity contribution in [3.63, 3.8) is 0 Å². The molecule has 9 rings (SSSR count). The molecule has 0 unspecified atom stereocenters. The Balaban J connectivity index is 1.52. The number of nitrogen functional groups attached to an aromatic ring is 2. The van der Waals surface area contributed by atoms with E-state index < -0.39 is 0 Å². The molecule has 0 fully saturated rings. The van der Waals surface area contributed by atoms with Crippen molar-refractivity contribution in [1.29, 1.82) is 0 Å². The molecule has 0 saturated carbocycles. The van der Waals surface area contributed by atoms with Crippen molar-refractivity contribution in [3.8, 4) is 45.6 Å². The molecule has 0 spiro atoms. The summed E-state index contributed by atoms with van der Waals surface area (Å²) in [4.78, 5) is 36.6. The first-order valence-corrected chi connectivity index (χ1v) is 13.4. The number of hydrogen-bond acceptors (Lipinski definition) is 8. The molecule has 198 valence electrons. The molecule has 2 aliphatic rings. The molecule has 5 heterocycles. The van der Waals surface area contributed by atoms with Crippen LogP contribution in [0.2, 0.25) is 0 Å². The van der Waals surface area contributed by atoms with Gasteiger partial charge in [0.2, 0.25) is 0 Å². The Morgan fingerprint density at radius 2 is 0.690 bits per heavy atom. The highest BCUT2D eigenvalue weighted by Gasteiger charge is 2.22. The van der Waals surface area contributed by atoms with E-state index in [2.05, 4.69) is 9.97 Å². The molecule has 8 bridgehead atoms. The standard InChI is InChI=1S/C32H20N10/c33-23-13-21-22(14-24(23)34)32-41-30-20-12-6-4-10-18(20)28(39-30)37-26-16-8-2-1-7-15(16)25(35-26)36-27-17-9-3-5-11-19(17)29(38-27)40-31(21)42-32/h1-14H,33-34H2,(H2,35,36,37,38,39,40,41,42). The zero-order valence-corrected chi connectivity index (χ0v) is 21.9. The summed E-state index contributed by atoms with van der Waals surface area (Å²) in [5.41, 5.74) is 19.3. The molecule has 2 aliphatic heterocycles. The lowest BCUT2D eigenvalue weighted by Crippen LogP contribution is -1.93. The fraction of sp³-hybridized carbons (Fsp3) is 0. The van der Waals surface area contributed by atoms with E-state index in [0.717, 1.165) is 43.8 Å². The van der Waals surface area contributed by atoms with Crippen LogP contribution in [0.25, 0.3) is 89.7 Å². The van der Waals surface area contributed by atoms with Gasteiger partial charge in [0.15, 0.2) is 23.3 Å². The minimum Gasteiger partial charge on any atom is -0.397 e. The van der Waals surface area contributed by atoms with Gasteiger partial charge < -0.3 is 21.4 Å². The second-order valence-electron chi connectivity index (χ2n) is 10.3. The number of rotatable bonds is 0. The van der Waals surface area contributed by atoms with Gasteiger partial charge in [0, 0.05) is 43.8 Å². The fourth-order valence-corrected chi connectivity index (χ4v) is 5.72. The molecule has 4 aromatic carbocycles. The molecule has 0 aliphatic carbocycles. The highest BCUT2D eigenvalue weighted by Crippen LogP contribution is 2.37. The number of aromatic nitrogens is 8. The average Bonchev–Trinajstić information content (AvgIpc) is 3.73. The van der Waals surface area contributed by atoms with Gasteiger partial charge in [0.1, 0.15) is 22.6 Å². The van der Waals surface area contributed by atoms with Crippen LogP contribution in [-0.4, -0.2) is 39.9 Å². The normalized spacial score (nSPS) is 12.0. The molecule has 10 nitrogen and oxygen atoms in total. The Hall–Kier alpha value is -6.16. The van der Waals surface area contributed by atoms with E-state index in [1.807, 2.05) is 84.9 Å². The monoisotopic (exact) mass is 544 g/mol. The minimum absolute atomic E-state index is 0.457. The van der Waals surface area contributed by atoms with Crippen molar-refractivity contribution < 1.29 is 0 Å². The number of hydrogen-bond donors (Lipinski definition) is 4. The first-order valence-electron chi connectivity index (χ1n) is 13.4. The summed E-state index contributed by atoms with van der Waals surface area (Å²) < 4.78 is 0. The minimum atomic E-state index is 0.457. The number of nitrogens with one attached hydrogen (secondary N) is 2. The highest BCUT2D eigenvalue weighted by atomic mass is 15.1. The summed E-state index contributed by atoms with van der Waals surface area (Å²) in [5.74, 6) is 2.17.